The molecule has 0 saturated carbocycles. The summed E-state index contributed by atoms with van der Waals surface area (Å²) >= 11 is 5.90. The lowest BCUT2D eigenvalue weighted by Crippen LogP contribution is -2.24. The van der Waals surface area contributed by atoms with Crippen LogP contribution in [0.3, 0.4) is 0 Å². The van der Waals surface area contributed by atoms with Crippen LogP contribution in [-0.2, 0) is 17.8 Å². The number of nitrogens with two attached hydrogens (primary N) is 1. The zero-order valence-electron chi connectivity index (χ0n) is 17.7. The predicted molar refractivity (Wildman–Crippen MR) is 122 cm³/mol. The highest BCUT2D eigenvalue weighted by Gasteiger charge is 2.12. The lowest BCUT2D eigenvalue weighted by molar-refractivity contribution is 0.143. The Labute approximate surface area is 182 Å². The number of unbranched alkanes of at least 4 members (excludes halogenated alkanes) is 1. The van der Waals surface area contributed by atoms with Gasteiger partial charge in [-0.15, -0.1) is 0 Å². The Morgan fingerprint density at radius 1 is 1.33 bits per heavy atom. The zero-order chi connectivity index (χ0) is 22.1. The number of halogens is 1. The number of hydrogen-bond acceptors (Lipinski definition) is 6. The van der Waals surface area contributed by atoms with E-state index in [9.17, 15) is 4.79 Å². The molecule has 0 unspecified atom stereocenters. The van der Waals surface area contributed by atoms with Crippen LogP contribution >= 0.6 is 11.6 Å². The van der Waals surface area contributed by atoms with E-state index in [-0.39, 0.29) is 0 Å². The Bertz CT molecular complexity index is 885. The minimum Gasteiger partial charge on any atom is -0.450 e. The first-order valence-corrected chi connectivity index (χ1v) is 10.0. The molecule has 0 radical (unpaired) electrons. The Morgan fingerprint density at radius 3 is 2.63 bits per heavy atom. The molecular formula is C21H29ClN6O2. The lowest BCUT2D eigenvalue weighted by atomic mass is 10.2. The van der Waals surface area contributed by atoms with Gasteiger partial charge in [-0.2, -0.15) is 0 Å². The van der Waals surface area contributed by atoms with Crippen LogP contribution in [-0.4, -0.2) is 41.5 Å². The number of carbonyl (C=O) groups excluding carboxylic acids is 1. The molecule has 30 heavy (non-hydrogen) atoms. The van der Waals surface area contributed by atoms with Gasteiger partial charge in [0.2, 0.25) is 0 Å². The molecule has 0 spiro atoms. The van der Waals surface area contributed by atoms with Crippen molar-refractivity contribution < 1.29 is 9.53 Å². The van der Waals surface area contributed by atoms with E-state index in [1.54, 1.807) is 13.3 Å². The molecule has 0 fully saturated rings. The first-order chi connectivity index (χ1) is 14.3. The number of alkyl carbamates (subject to hydrolysis) is 1. The number of anilines is 1. The van der Waals surface area contributed by atoms with Crippen LogP contribution in [0.25, 0.3) is 5.70 Å². The van der Waals surface area contributed by atoms with Gasteiger partial charge in [-0.1, -0.05) is 30.3 Å². The smallest absolute Gasteiger partial charge is 0.407 e. The van der Waals surface area contributed by atoms with Gasteiger partial charge in [-0.3, -0.25) is 0 Å². The van der Waals surface area contributed by atoms with Gasteiger partial charge in [0.15, 0.2) is 5.82 Å². The van der Waals surface area contributed by atoms with E-state index >= 15 is 0 Å². The van der Waals surface area contributed by atoms with Gasteiger partial charge < -0.3 is 25.3 Å². The molecule has 1 aromatic carbocycles. The van der Waals surface area contributed by atoms with Gasteiger partial charge in [-0.25, -0.2) is 14.8 Å². The number of aromatic nitrogens is 2. The third-order valence-corrected chi connectivity index (χ3v) is 4.37. The predicted octanol–water partition coefficient (Wildman–Crippen LogP) is 3.87. The van der Waals surface area contributed by atoms with Crippen molar-refractivity contribution in [3.8, 4) is 0 Å². The van der Waals surface area contributed by atoms with Crippen molar-refractivity contribution in [1.82, 2.24) is 14.9 Å². The normalized spacial score (nSPS) is 11.3. The number of rotatable bonds is 10. The van der Waals surface area contributed by atoms with Crippen LogP contribution in [0.5, 0.6) is 0 Å². The van der Waals surface area contributed by atoms with Crippen LogP contribution < -0.4 is 16.0 Å². The van der Waals surface area contributed by atoms with Gasteiger partial charge >= 0.3 is 6.09 Å². The SMILES string of the molecule is C=C(N)c1ncn(CCCCOC(=O)NCc2ccc(N(C)C)cc2)c1N=C(C)Cl. The standard InChI is InChI=1S/C21H29ClN6O2/c1-15(23)19-20(26-16(2)22)28(14-25-19)11-5-6-12-30-21(29)24-13-17-7-9-18(10-8-17)27(3)4/h7-10,14H,1,5-6,11-13,23H2,2-4H3,(H,24,29). The van der Waals surface area contributed by atoms with Crippen LogP contribution in [0.2, 0.25) is 0 Å². The van der Waals surface area contributed by atoms with Gasteiger partial charge in [0, 0.05) is 32.9 Å². The Kier molecular flexibility index (Phi) is 8.73. The molecule has 2 rings (SSSR count). The van der Waals surface area contributed by atoms with Crippen molar-refractivity contribution in [3.63, 3.8) is 0 Å². The third-order valence-electron chi connectivity index (χ3n) is 4.29. The fraction of sp³-hybridized carbons (Fsp3) is 0.381. The second kappa shape index (κ2) is 11.3. The average molecular weight is 433 g/mol. The Morgan fingerprint density at radius 2 is 2.03 bits per heavy atom. The summed E-state index contributed by atoms with van der Waals surface area (Å²) in [6.45, 7) is 6.79. The number of ether oxygens (including phenoxy) is 1. The zero-order valence-corrected chi connectivity index (χ0v) is 18.4. The van der Waals surface area contributed by atoms with Crippen molar-refractivity contribution in [1.29, 1.82) is 0 Å². The first kappa shape index (κ1) is 23.3. The molecule has 0 atom stereocenters. The fourth-order valence-electron chi connectivity index (χ4n) is 2.72. The second-order valence-electron chi connectivity index (χ2n) is 7.00. The topological polar surface area (TPSA) is 97.8 Å². The van der Waals surface area contributed by atoms with Crippen LogP contribution in [0.4, 0.5) is 16.3 Å². The molecule has 3 N–H and O–H groups in total. The fourth-order valence-corrected chi connectivity index (χ4v) is 2.80. The van der Waals surface area contributed by atoms with Crippen molar-refractivity contribution in [2.75, 3.05) is 25.6 Å². The molecule has 0 bridgehead atoms. The van der Waals surface area contributed by atoms with E-state index in [4.69, 9.17) is 22.1 Å². The summed E-state index contributed by atoms with van der Waals surface area (Å²) in [7, 11) is 3.97. The highest BCUT2D eigenvalue weighted by Crippen LogP contribution is 2.23. The van der Waals surface area contributed by atoms with Gasteiger partial charge in [-0.05, 0) is 37.5 Å². The molecular weight excluding hydrogens is 404 g/mol. The van der Waals surface area contributed by atoms with Gasteiger partial charge in [0.1, 0.15) is 10.9 Å². The summed E-state index contributed by atoms with van der Waals surface area (Å²) < 4.78 is 7.09. The number of nitrogens with zero attached hydrogens (tertiary/aromatic N) is 4. The summed E-state index contributed by atoms with van der Waals surface area (Å²) in [4.78, 5) is 22.4. The highest BCUT2D eigenvalue weighted by atomic mass is 35.5. The average Bonchev–Trinajstić information content (AvgIpc) is 3.08. The molecule has 1 amide bonds. The molecule has 9 heteroatoms. The quantitative estimate of drug-likeness (QED) is 0.438. The maximum absolute atomic E-state index is 11.9. The van der Waals surface area contributed by atoms with E-state index in [0.717, 1.165) is 17.7 Å². The minimum absolute atomic E-state index is 0.323. The molecule has 0 aliphatic rings. The Hall–Kier alpha value is -3.00. The molecule has 162 valence electrons. The number of imidazole rings is 1. The van der Waals surface area contributed by atoms with Crippen LogP contribution in [0.1, 0.15) is 31.0 Å². The van der Waals surface area contributed by atoms with Gasteiger partial charge in [0.25, 0.3) is 0 Å². The van der Waals surface area contributed by atoms with Crippen molar-refractivity contribution in [3.05, 3.63) is 48.4 Å². The molecule has 0 aliphatic heterocycles. The summed E-state index contributed by atoms with van der Waals surface area (Å²) in [5.41, 5.74) is 8.73. The lowest BCUT2D eigenvalue weighted by Gasteiger charge is -2.13. The highest BCUT2D eigenvalue weighted by molar-refractivity contribution is 6.65. The van der Waals surface area contributed by atoms with E-state index in [1.807, 2.05) is 47.8 Å². The number of benzene rings is 1. The number of aliphatic imine (C=N–C) groups is 1. The molecule has 1 aromatic heterocycles. The number of aryl methyl sites for hydroxylation is 1. The number of hydrogen-bond donors (Lipinski definition) is 2. The van der Waals surface area contributed by atoms with Crippen molar-refractivity contribution >= 4 is 40.1 Å². The molecule has 0 aliphatic carbocycles. The van der Waals surface area contributed by atoms with E-state index < -0.39 is 6.09 Å². The summed E-state index contributed by atoms with van der Waals surface area (Å²) in [5.74, 6) is 0.578. The maximum atomic E-state index is 11.9. The largest absolute Gasteiger partial charge is 0.450 e. The van der Waals surface area contributed by atoms with Crippen LogP contribution in [0, 0.1) is 0 Å². The molecule has 8 nitrogen and oxygen atoms in total. The van der Waals surface area contributed by atoms with E-state index in [0.29, 0.717) is 48.5 Å². The van der Waals surface area contributed by atoms with E-state index in [2.05, 4.69) is 21.9 Å². The molecule has 0 saturated heterocycles. The third kappa shape index (κ3) is 7.11. The van der Waals surface area contributed by atoms with Crippen LogP contribution in [0.15, 0.2) is 42.2 Å². The summed E-state index contributed by atoms with van der Waals surface area (Å²) in [5, 5.41) is 3.14. The second-order valence-corrected chi connectivity index (χ2v) is 7.55. The number of nitrogens with one attached hydrogen (secondary N) is 1. The minimum atomic E-state index is -0.431. The number of carbonyl (C=O) groups is 1. The Balaban J connectivity index is 1.72. The van der Waals surface area contributed by atoms with E-state index in [1.165, 1.54) is 0 Å². The van der Waals surface area contributed by atoms with Crippen molar-refractivity contribution in [2.45, 2.75) is 32.9 Å². The molecule has 2 aromatic rings. The van der Waals surface area contributed by atoms with Crippen molar-refractivity contribution in [2.24, 2.45) is 10.7 Å². The summed E-state index contributed by atoms with van der Waals surface area (Å²) in [6.07, 6.45) is 2.70. The summed E-state index contributed by atoms with van der Waals surface area (Å²) in [6, 6.07) is 7.98. The van der Waals surface area contributed by atoms with Gasteiger partial charge in [0.05, 0.1) is 18.6 Å². The first-order valence-electron chi connectivity index (χ1n) is 9.65. The monoisotopic (exact) mass is 432 g/mol. The number of amides is 1. The maximum Gasteiger partial charge on any atom is 0.407 e. The molecule has 1 heterocycles.